The Morgan fingerprint density at radius 3 is 2.69 bits per heavy atom. The maximum atomic E-state index is 4.72. The lowest BCUT2D eigenvalue weighted by molar-refractivity contribution is 0.546. The van der Waals surface area contributed by atoms with Crippen molar-refractivity contribution < 1.29 is 0 Å². The molecule has 0 radical (unpaired) electrons. The summed E-state index contributed by atoms with van der Waals surface area (Å²) in [6.45, 7) is 4.42. The summed E-state index contributed by atoms with van der Waals surface area (Å²) in [5, 5.41) is 11.0. The summed E-state index contributed by atoms with van der Waals surface area (Å²) < 4.78 is 0. The lowest BCUT2D eigenvalue weighted by Gasteiger charge is -2.09. The SMILES string of the molecule is CC1CNCC1c1nc(C2CCCC2)n[nH]1. The number of hydrogen-bond acceptors (Lipinski definition) is 3. The van der Waals surface area contributed by atoms with E-state index in [1.54, 1.807) is 0 Å². The van der Waals surface area contributed by atoms with Crippen LogP contribution in [0.1, 0.15) is 56.1 Å². The molecule has 16 heavy (non-hydrogen) atoms. The van der Waals surface area contributed by atoms with Gasteiger partial charge in [0.05, 0.1) is 0 Å². The summed E-state index contributed by atoms with van der Waals surface area (Å²) in [6.07, 6.45) is 5.23. The van der Waals surface area contributed by atoms with Gasteiger partial charge in [-0.15, -0.1) is 0 Å². The van der Waals surface area contributed by atoms with Crippen LogP contribution in [0.2, 0.25) is 0 Å². The fraction of sp³-hybridized carbons (Fsp3) is 0.833. The van der Waals surface area contributed by atoms with Gasteiger partial charge in [0.25, 0.3) is 0 Å². The standard InChI is InChI=1S/C12H20N4/c1-8-6-13-7-10(8)12-14-11(15-16-12)9-4-2-3-5-9/h8-10,13H,2-7H2,1H3,(H,14,15,16). The third-order valence-corrected chi connectivity index (χ3v) is 4.11. The first-order valence-electron chi connectivity index (χ1n) is 6.47. The fourth-order valence-electron chi connectivity index (χ4n) is 3.00. The molecule has 0 aromatic carbocycles. The summed E-state index contributed by atoms with van der Waals surface area (Å²) in [4.78, 5) is 4.72. The van der Waals surface area contributed by atoms with E-state index in [-0.39, 0.29) is 0 Å². The molecule has 2 atom stereocenters. The van der Waals surface area contributed by atoms with Crippen molar-refractivity contribution in [2.75, 3.05) is 13.1 Å². The van der Waals surface area contributed by atoms with Crippen LogP contribution in [0.25, 0.3) is 0 Å². The van der Waals surface area contributed by atoms with Gasteiger partial charge in [0.15, 0.2) is 5.82 Å². The third-order valence-electron chi connectivity index (χ3n) is 4.11. The van der Waals surface area contributed by atoms with Crippen LogP contribution < -0.4 is 5.32 Å². The summed E-state index contributed by atoms with van der Waals surface area (Å²) in [6, 6.07) is 0. The molecular formula is C12H20N4. The fourth-order valence-corrected chi connectivity index (χ4v) is 3.00. The quantitative estimate of drug-likeness (QED) is 0.799. The molecule has 2 unspecified atom stereocenters. The molecule has 0 spiro atoms. The van der Waals surface area contributed by atoms with Crippen molar-refractivity contribution >= 4 is 0 Å². The minimum Gasteiger partial charge on any atom is -0.316 e. The number of nitrogens with zero attached hydrogens (tertiary/aromatic N) is 2. The van der Waals surface area contributed by atoms with Crippen LogP contribution in [-0.4, -0.2) is 28.3 Å². The Hall–Kier alpha value is -0.900. The topological polar surface area (TPSA) is 53.6 Å². The molecule has 2 aliphatic rings. The van der Waals surface area contributed by atoms with Crippen LogP contribution in [-0.2, 0) is 0 Å². The van der Waals surface area contributed by atoms with Gasteiger partial charge in [-0.3, -0.25) is 5.10 Å². The van der Waals surface area contributed by atoms with E-state index in [0.29, 0.717) is 17.8 Å². The summed E-state index contributed by atoms with van der Waals surface area (Å²) in [7, 11) is 0. The molecule has 0 bridgehead atoms. The largest absolute Gasteiger partial charge is 0.316 e. The molecule has 1 aliphatic carbocycles. The van der Waals surface area contributed by atoms with Crippen LogP contribution in [0.5, 0.6) is 0 Å². The molecule has 4 heteroatoms. The number of rotatable bonds is 2. The Morgan fingerprint density at radius 1 is 1.19 bits per heavy atom. The van der Waals surface area contributed by atoms with Gasteiger partial charge in [-0.25, -0.2) is 4.98 Å². The van der Waals surface area contributed by atoms with Crippen molar-refractivity contribution in [3.05, 3.63) is 11.6 Å². The molecule has 1 aromatic heterocycles. The van der Waals surface area contributed by atoms with E-state index >= 15 is 0 Å². The highest BCUT2D eigenvalue weighted by atomic mass is 15.2. The van der Waals surface area contributed by atoms with Crippen LogP contribution in [0.3, 0.4) is 0 Å². The molecule has 88 valence electrons. The van der Waals surface area contributed by atoms with E-state index in [4.69, 9.17) is 4.98 Å². The highest BCUT2D eigenvalue weighted by Gasteiger charge is 2.29. The molecule has 2 N–H and O–H groups in total. The van der Waals surface area contributed by atoms with Gasteiger partial charge in [-0.1, -0.05) is 19.8 Å². The van der Waals surface area contributed by atoms with Crippen LogP contribution in [0.15, 0.2) is 0 Å². The molecule has 1 saturated heterocycles. The normalized spacial score (nSPS) is 31.3. The zero-order valence-electron chi connectivity index (χ0n) is 9.87. The molecule has 3 rings (SSSR count). The van der Waals surface area contributed by atoms with Crippen LogP contribution in [0, 0.1) is 5.92 Å². The van der Waals surface area contributed by atoms with E-state index in [9.17, 15) is 0 Å². The molecule has 1 aliphatic heterocycles. The molecular weight excluding hydrogens is 200 g/mol. The van der Waals surface area contributed by atoms with E-state index in [1.807, 2.05) is 0 Å². The molecule has 0 amide bonds. The summed E-state index contributed by atoms with van der Waals surface area (Å²) in [5.41, 5.74) is 0. The lowest BCUT2D eigenvalue weighted by atomic mass is 9.97. The van der Waals surface area contributed by atoms with Gasteiger partial charge in [-0.05, 0) is 25.3 Å². The number of H-pyrrole nitrogens is 1. The average Bonchev–Trinajstić information content (AvgIpc) is 2.96. The van der Waals surface area contributed by atoms with Crippen molar-refractivity contribution in [2.24, 2.45) is 5.92 Å². The van der Waals surface area contributed by atoms with Gasteiger partial charge in [-0.2, -0.15) is 5.10 Å². The van der Waals surface area contributed by atoms with E-state index in [1.165, 1.54) is 25.7 Å². The lowest BCUT2D eigenvalue weighted by Crippen LogP contribution is -2.09. The molecule has 2 fully saturated rings. The zero-order chi connectivity index (χ0) is 11.0. The molecule has 1 aromatic rings. The van der Waals surface area contributed by atoms with Gasteiger partial charge >= 0.3 is 0 Å². The van der Waals surface area contributed by atoms with Crippen molar-refractivity contribution in [1.82, 2.24) is 20.5 Å². The maximum Gasteiger partial charge on any atom is 0.153 e. The van der Waals surface area contributed by atoms with E-state index in [2.05, 4.69) is 22.4 Å². The Kier molecular flexibility index (Phi) is 2.67. The zero-order valence-corrected chi connectivity index (χ0v) is 9.87. The second-order valence-corrected chi connectivity index (χ2v) is 5.30. The first-order chi connectivity index (χ1) is 7.84. The first kappa shape index (κ1) is 10.3. The smallest absolute Gasteiger partial charge is 0.153 e. The van der Waals surface area contributed by atoms with Crippen molar-refractivity contribution in [3.63, 3.8) is 0 Å². The monoisotopic (exact) mass is 220 g/mol. The summed E-state index contributed by atoms with van der Waals surface area (Å²) in [5.74, 6) is 3.98. The Labute approximate surface area is 96.2 Å². The first-order valence-corrected chi connectivity index (χ1v) is 6.47. The third kappa shape index (κ3) is 1.75. The van der Waals surface area contributed by atoms with Crippen molar-refractivity contribution in [1.29, 1.82) is 0 Å². The summed E-state index contributed by atoms with van der Waals surface area (Å²) >= 11 is 0. The number of hydrogen-bond donors (Lipinski definition) is 2. The Balaban J connectivity index is 1.76. The van der Waals surface area contributed by atoms with Gasteiger partial charge in [0.2, 0.25) is 0 Å². The van der Waals surface area contributed by atoms with Crippen molar-refractivity contribution in [3.8, 4) is 0 Å². The van der Waals surface area contributed by atoms with Gasteiger partial charge in [0, 0.05) is 18.4 Å². The highest BCUT2D eigenvalue weighted by Crippen LogP contribution is 2.33. The minimum absolute atomic E-state index is 0.530. The highest BCUT2D eigenvalue weighted by molar-refractivity contribution is 5.07. The minimum atomic E-state index is 0.530. The molecule has 1 saturated carbocycles. The molecule has 4 nitrogen and oxygen atoms in total. The Bertz CT molecular complexity index is 354. The van der Waals surface area contributed by atoms with Gasteiger partial charge in [0.1, 0.15) is 5.82 Å². The van der Waals surface area contributed by atoms with E-state index in [0.717, 1.165) is 24.7 Å². The number of nitrogens with one attached hydrogen (secondary N) is 2. The van der Waals surface area contributed by atoms with Crippen LogP contribution in [0.4, 0.5) is 0 Å². The van der Waals surface area contributed by atoms with Crippen molar-refractivity contribution in [2.45, 2.75) is 44.4 Å². The van der Waals surface area contributed by atoms with E-state index < -0.39 is 0 Å². The predicted octanol–water partition coefficient (Wildman–Crippen LogP) is 1.79. The maximum absolute atomic E-state index is 4.72. The number of aromatic amines is 1. The molecule has 2 heterocycles. The average molecular weight is 220 g/mol. The number of aromatic nitrogens is 3. The van der Waals surface area contributed by atoms with Gasteiger partial charge < -0.3 is 5.32 Å². The Morgan fingerprint density at radius 2 is 2.00 bits per heavy atom. The van der Waals surface area contributed by atoms with Crippen LogP contribution >= 0.6 is 0 Å². The second kappa shape index (κ2) is 4.17. The second-order valence-electron chi connectivity index (χ2n) is 5.30. The predicted molar refractivity (Wildman–Crippen MR) is 62.4 cm³/mol.